The van der Waals surface area contributed by atoms with Crippen molar-refractivity contribution in [3.8, 4) is 11.5 Å². The Hall–Kier alpha value is -1.26. The number of methoxy groups -OCH3 is 1. The van der Waals surface area contributed by atoms with Crippen molar-refractivity contribution < 1.29 is 14.6 Å². The maximum absolute atomic E-state index is 9.96. The highest BCUT2D eigenvalue weighted by Crippen LogP contribution is 2.29. The first-order chi connectivity index (χ1) is 9.11. The van der Waals surface area contributed by atoms with Gasteiger partial charge in [-0.05, 0) is 44.4 Å². The molecule has 4 heteroatoms. The maximum Gasteiger partial charge on any atom is 0.120 e. The molecule has 2 N–H and O–H groups in total. The quantitative estimate of drug-likeness (QED) is 0.858. The van der Waals surface area contributed by atoms with Crippen LogP contribution in [-0.4, -0.2) is 31.5 Å². The van der Waals surface area contributed by atoms with Crippen LogP contribution in [0.25, 0.3) is 0 Å². The van der Waals surface area contributed by atoms with Crippen LogP contribution in [0.4, 0.5) is 0 Å². The summed E-state index contributed by atoms with van der Waals surface area (Å²) in [5.41, 5.74) is 0.866. The average molecular weight is 265 g/mol. The number of benzene rings is 1. The van der Waals surface area contributed by atoms with E-state index in [-0.39, 0.29) is 6.04 Å². The van der Waals surface area contributed by atoms with E-state index in [1.807, 2.05) is 6.07 Å². The molecule has 19 heavy (non-hydrogen) atoms. The average Bonchev–Trinajstić information content (AvgIpc) is 2.93. The SMILES string of the molecule is COc1ccc(O)c(C(C)NC(C)C2CCOC2)c1. The Morgan fingerprint density at radius 2 is 2.21 bits per heavy atom. The van der Waals surface area contributed by atoms with Gasteiger partial charge in [-0.15, -0.1) is 0 Å². The van der Waals surface area contributed by atoms with Crippen molar-refractivity contribution in [2.24, 2.45) is 5.92 Å². The predicted molar refractivity (Wildman–Crippen MR) is 74.6 cm³/mol. The van der Waals surface area contributed by atoms with Crippen LogP contribution in [0.3, 0.4) is 0 Å². The van der Waals surface area contributed by atoms with Crippen molar-refractivity contribution in [2.75, 3.05) is 20.3 Å². The number of ether oxygens (including phenoxy) is 2. The normalized spacial score (nSPS) is 22.2. The van der Waals surface area contributed by atoms with Gasteiger partial charge < -0.3 is 19.9 Å². The molecular weight excluding hydrogens is 242 g/mol. The molecule has 106 valence electrons. The minimum atomic E-state index is 0.0747. The molecule has 1 saturated heterocycles. The molecule has 1 aromatic rings. The van der Waals surface area contributed by atoms with Crippen molar-refractivity contribution in [1.82, 2.24) is 5.32 Å². The second kappa shape index (κ2) is 6.26. The molecule has 1 aromatic carbocycles. The van der Waals surface area contributed by atoms with E-state index in [2.05, 4.69) is 19.2 Å². The van der Waals surface area contributed by atoms with Crippen molar-refractivity contribution in [2.45, 2.75) is 32.4 Å². The van der Waals surface area contributed by atoms with Crippen molar-refractivity contribution in [3.05, 3.63) is 23.8 Å². The number of hydrogen-bond acceptors (Lipinski definition) is 4. The van der Waals surface area contributed by atoms with Gasteiger partial charge in [0, 0.05) is 24.3 Å². The number of phenolic OH excluding ortho intramolecular Hbond substituents is 1. The zero-order chi connectivity index (χ0) is 13.8. The van der Waals surface area contributed by atoms with Crippen LogP contribution in [0.2, 0.25) is 0 Å². The van der Waals surface area contributed by atoms with Crippen LogP contribution in [0.5, 0.6) is 11.5 Å². The smallest absolute Gasteiger partial charge is 0.120 e. The molecule has 3 atom stereocenters. The van der Waals surface area contributed by atoms with Crippen LogP contribution < -0.4 is 10.1 Å². The van der Waals surface area contributed by atoms with Crippen molar-refractivity contribution in [1.29, 1.82) is 0 Å². The molecule has 0 spiro atoms. The number of aromatic hydroxyl groups is 1. The van der Waals surface area contributed by atoms with Crippen molar-refractivity contribution >= 4 is 0 Å². The van der Waals surface area contributed by atoms with E-state index < -0.39 is 0 Å². The second-order valence-corrected chi connectivity index (χ2v) is 5.23. The summed E-state index contributed by atoms with van der Waals surface area (Å²) < 4.78 is 10.6. The van der Waals surface area contributed by atoms with Gasteiger partial charge >= 0.3 is 0 Å². The van der Waals surface area contributed by atoms with E-state index in [9.17, 15) is 5.11 Å². The minimum absolute atomic E-state index is 0.0747. The Labute approximate surface area is 114 Å². The van der Waals surface area contributed by atoms with Gasteiger partial charge in [-0.3, -0.25) is 0 Å². The molecule has 0 aromatic heterocycles. The Morgan fingerprint density at radius 1 is 1.42 bits per heavy atom. The molecule has 0 saturated carbocycles. The van der Waals surface area contributed by atoms with Crippen LogP contribution in [-0.2, 0) is 4.74 Å². The zero-order valence-electron chi connectivity index (χ0n) is 11.8. The summed E-state index contributed by atoms with van der Waals surface area (Å²) in [6.07, 6.45) is 1.10. The highest BCUT2D eigenvalue weighted by Gasteiger charge is 2.24. The molecule has 4 nitrogen and oxygen atoms in total. The summed E-state index contributed by atoms with van der Waals surface area (Å²) in [4.78, 5) is 0. The summed E-state index contributed by atoms with van der Waals surface area (Å²) in [7, 11) is 1.63. The first kappa shape index (κ1) is 14.2. The van der Waals surface area contributed by atoms with Crippen LogP contribution >= 0.6 is 0 Å². The fourth-order valence-corrected chi connectivity index (χ4v) is 2.57. The third kappa shape index (κ3) is 3.39. The van der Waals surface area contributed by atoms with Gasteiger partial charge in [-0.2, -0.15) is 0 Å². The highest BCUT2D eigenvalue weighted by atomic mass is 16.5. The summed E-state index contributed by atoms with van der Waals surface area (Å²) >= 11 is 0. The van der Waals surface area contributed by atoms with E-state index in [4.69, 9.17) is 9.47 Å². The lowest BCUT2D eigenvalue weighted by Gasteiger charge is -2.25. The molecule has 0 aliphatic carbocycles. The fourth-order valence-electron chi connectivity index (χ4n) is 2.57. The zero-order valence-corrected chi connectivity index (χ0v) is 11.8. The molecule has 2 rings (SSSR count). The van der Waals surface area contributed by atoms with Crippen LogP contribution in [0.1, 0.15) is 31.9 Å². The minimum Gasteiger partial charge on any atom is -0.508 e. The largest absolute Gasteiger partial charge is 0.508 e. The molecule has 1 fully saturated rings. The molecule has 3 unspecified atom stereocenters. The molecule has 0 amide bonds. The third-order valence-electron chi connectivity index (χ3n) is 3.89. The lowest BCUT2D eigenvalue weighted by atomic mass is 9.98. The van der Waals surface area contributed by atoms with Gasteiger partial charge in [0.05, 0.1) is 13.7 Å². The summed E-state index contributed by atoms with van der Waals surface area (Å²) in [6, 6.07) is 5.76. The fraction of sp³-hybridized carbons (Fsp3) is 0.600. The Kier molecular flexibility index (Phi) is 4.66. The summed E-state index contributed by atoms with van der Waals surface area (Å²) in [6.45, 7) is 5.91. The van der Waals surface area contributed by atoms with E-state index in [1.54, 1.807) is 19.2 Å². The topological polar surface area (TPSA) is 50.7 Å². The third-order valence-corrected chi connectivity index (χ3v) is 3.89. The molecule has 1 heterocycles. The van der Waals surface area contributed by atoms with Gasteiger partial charge in [0.1, 0.15) is 11.5 Å². The molecule has 1 aliphatic rings. The molecular formula is C15H23NO3. The van der Waals surface area contributed by atoms with Gasteiger partial charge in [0.25, 0.3) is 0 Å². The Bertz CT molecular complexity index is 416. The standard InChI is InChI=1S/C15H23NO3/c1-10(12-6-7-19-9-12)16-11(2)14-8-13(18-3)4-5-15(14)17/h4-5,8,10-12,16-17H,6-7,9H2,1-3H3. The Balaban J connectivity index is 2.04. The first-order valence-corrected chi connectivity index (χ1v) is 6.82. The van der Waals surface area contributed by atoms with Crippen LogP contribution in [0.15, 0.2) is 18.2 Å². The number of rotatable bonds is 5. The summed E-state index contributed by atoms with van der Waals surface area (Å²) in [5, 5.41) is 13.5. The summed E-state index contributed by atoms with van der Waals surface area (Å²) in [5.74, 6) is 1.61. The maximum atomic E-state index is 9.96. The van der Waals surface area contributed by atoms with Gasteiger partial charge in [-0.25, -0.2) is 0 Å². The number of phenols is 1. The molecule has 0 radical (unpaired) electrons. The van der Waals surface area contributed by atoms with E-state index in [1.165, 1.54) is 0 Å². The number of nitrogens with one attached hydrogen (secondary N) is 1. The van der Waals surface area contributed by atoms with Gasteiger partial charge in [0.15, 0.2) is 0 Å². The lowest BCUT2D eigenvalue weighted by Crippen LogP contribution is -2.35. The Morgan fingerprint density at radius 3 is 2.84 bits per heavy atom. The molecule has 0 bridgehead atoms. The molecule has 1 aliphatic heterocycles. The van der Waals surface area contributed by atoms with Gasteiger partial charge in [0.2, 0.25) is 0 Å². The number of hydrogen-bond donors (Lipinski definition) is 2. The van der Waals surface area contributed by atoms with Crippen molar-refractivity contribution in [3.63, 3.8) is 0 Å². The predicted octanol–water partition coefficient (Wildman–Crippen LogP) is 2.48. The second-order valence-electron chi connectivity index (χ2n) is 5.23. The van der Waals surface area contributed by atoms with E-state index in [0.717, 1.165) is 30.9 Å². The monoisotopic (exact) mass is 265 g/mol. The first-order valence-electron chi connectivity index (χ1n) is 6.82. The lowest BCUT2D eigenvalue weighted by molar-refractivity contribution is 0.177. The van der Waals surface area contributed by atoms with E-state index in [0.29, 0.717) is 17.7 Å². The van der Waals surface area contributed by atoms with E-state index >= 15 is 0 Å². The van der Waals surface area contributed by atoms with Crippen LogP contribution in [0, 0.1) is 5.92 Å². The highest BCUT2D eigenvalue weighted by molar-refractivity contribution is 5.41. The van der Waals surface area contributed by atoms with Gasteiger partial charge in [-0.1, -0.05) is 0 Å².